The molecule has 22 heavy (non-hydrogen) atoms. The van der Waals surface area contributed by atoms with Crippen molar-refractivity contribution in [3.8, 4) is 0 Å². The quantitative estimate of drug-likeness (QED) is 0.831. The number of halogens is 4. The van der Waals surface area contributed by atoms with Crippen molar-refractivity contribution in [2.45, 2.75) is 44.9 Å². The molecule has 4 nitrogen and oxygen atoms in total. The van der Waals surface area contributed by atoms with E-state index in [1.165, 1.54) is 4.90 Å². The van der Waals surface area contributed by atoms with Crippen LogP contribution in [0.4, 0.5) is 13.2 Å². The fourth-order valence-electron chi connectivity index (χ4n) is 3.28. The van der Waals surface area contributed by atoms with E-state index >= 15 is 0 Å². The minimum atomic E-state index is -4.18. The molecule has 0 aliphatic carbocycles. The molecule has 0 aromatic heterocycles. The summed E-state index contributed by atoms with van der Waals surface area (Å²) in [5, 5.41) is 3.31. The average Bonchev–Trinajstić information content (AvgIpc) is 2.39. The van der Waals surface area contributed by atoms with Gasteiger partial charge in [0.15, 0.2) is 0 Å². The van der Waals surface area contributed by atoms with Crippen molar-refractivity contribution in [3.05, 3.63) is 0 Å². The van der Waals surface area contributed by atoms with Crippen LogP contribution in [0.25, 0.3) is 0 Å². The van der Waals surface area contributed by atoms with Crippen molar-refractivity contribution in [1.29, 1.82) is 0 Å². The maximum atomic E-state index is 12.5. The van der Waals surface area contributed by atoms with E-state index in [-0.39, 0.29) is 30.3 Å². The summed E-state index contributed by atoms with van der Waals surface area (Å²) >= 11 is 0. The molecule has 0 aromatic carbocycles. The number of hydrogen-bond donors (Lipinski definition) is 1. The van der Waals surface area contributed by atoms with Crippen LogP contribution in [0.5, 0.6) is 0 Å². The van der Waals surface area contributed by atoms with Gasteiger partial charge in [0.25, 0.3) is 0 Å². The molecule has 130 valence electrons. The summed E-state index contributed by atoms with van der Waals surface area (Å²) in [7, 11) is 0. The Bertz CT molecular complexity index is 381. The number of piperidine rings is 1. The summed E-state index contributed by atoms with van der Waals surface area (Å²) in [5.74, 6) is 0.129. The maximum Gasteiger partial charge on any atom is 0.401 e. The fraction of sp³-hybridized carbons (Fsp3) is 0.929. The summed E-state index contributed by atoms with van der Waals surface area (Å²) in [6, 6.07) is 0.0834. The first kappa shape index (κ1) is 19.5. The highest BCUT2D eigenvalue weighted by molar-refractivity contribution is 5.85. The minimum Gasteiger partial charge on any atom is -0.340 e. The predicted molar refractivity (Wildman–Crippen MR) is 81.1 cm³/mol. The van der Waals surface area contributed by atoms with E-state index in [4.69, 9.17) is 0 Å². The lowest BCUT2D eigenvalue weighted by Crippen LogP contribution is -2.57. The highest BCUT2D eigenvalue weighted by Gasteiger charge is 2.37. The highest BCUT2D eigenvalue weighted by Crippen LogP contribution is 2.23. The van der Waals surface area contributed by atoms with Gasteiger partial charge in [-0.2, -0.15) is 13.2 Å². The van der Waals surface area contributed by atoms with Crippen LogP contribution < -0.4 is 5.32 Å². The van der Waals surface area contributed by atoms with E-state index in [0.29, 0.717) is 25.7 Å². The van der Waals surface area contributed by atoms with Crippen LogP contribution in [0, 0.1) is 5.92 Å². The molecule has 3 atom stereocenters. The van der Waals surface area contributed by atoms with Crippen LogP contribution in [0.15, 0.2) is 0 Å². The number of piperazine rings is 1. The van der Waals surface area contributed by atoms with Gasteiger partial charge >= 0.3 is 6.18 Å². The lowest BCUT2D eigenvalue weighted by atomic mass is 9.91. The zero-order valence-corrected chi connectivity index (χ0v) is 13.8. The van der Waals surface area contributed by atoms with Crippen molar-refractivity contribution < 1.29 is 18.0 Å². The predicted octanol–water partition coefficient (Wildman–Crippen LogP) is 1.89. The Labute approximate surface area is 135 Å². The molecular weight excluding hydrogens is 319 g/mol. The van der Waals surface area contributed by atoms with Crippen molar-refractivity contribution in [2.75, 3.05) is 32.7 Å². The molecule has 0 spiro atoms. The Balaban J connectivity index is 0.00000242. The lowest BCUT2D eigenvalue weighted by Gasteiger charge is -2.42. The number of hydrogen-bond acceptors (Lipinski definition) is 3. The van der Waals surface area contributed by atoms with Crippen LogP contribution >= 0.6 is 12.4 Å². The second kappa shape index (κ2) is 7.84. The SMILES string of the molecule is CC1CN(C(=O)[C@H]2CCN[C@@H](C)C2)CCN1CC(F)(F)F.Cl. The molecule has 0 saturated carbocycles. The first-order valence-electron chi connectivity index (χ1n) is 7.59. The number of rotatable bonds is 2. The molecule has 1 amide bonds. The normalized spacial score (nSPS) is 30.8. The molecule has 2 heterocycles. The first-order chi connectivity index (χ1) is 9.76. The van der Waals surface area contributed by atoms with E-state index in [1.54, 1.807) is 11.8 Å². The summed E-state index contributed by atoms with van der Waals surface area (Å²) in [6.45, 7) is 4.86. The van der Waals surface area contributed by atoms with Gasteiger partial charge in [0.2, 0.25) is 5.91 Å². The molecule has 2 rings (SSSR count). The van der Waals surface area contributed by atoms with Crippen LogP contribution in [0.1, 0.15) is 26.7 Å². The standard InChI is InChI=1S/C14H24F3N3O.ClH/c1-10-7-12(3-4-18-10)13(21)19-5-6-20(11(2)8-19)9-14(15,16)17;/h10-12,18H,3-9H2,1-2H3;1H/t10-,11?,12-;/m0./s1. The summed E-state index contributed by atoms with van der Waals surface area (Å²) in [4.78, 5) is 15.7. The molecule has 2 aliphatic heterocycles. The number of alkyl halides is 3. The maximum absolute atomic E-state index is 12.5. The van der Waals surface area contributed by atoms with E-state index < -0.39 is 12.7 Å². The summed E-state index contributed by atoms with van der Waals surface area (Å²) in [6.07, 6.45) is -2.54. The molecular formula is C14H25ClF3N3O. The van der Waals surface area contributed by atoms with Gasteiger partial charge in [0, 0.05) is 37.6 Å². The molecule has 0 radical (unpaired) electrons. The summed E-state index contributed by atoms with van der Waals surface area (Å²) in [5.41, 5.74) is 0. The smallest absolute Gasteiger partial charge is 0.340 e. The summed E-state index contributed by atoms with van der Waals surface area (Å²) < 4.78 is 37.4. The Kier molecular flexibility index (Phi) is 6.95. The molecule has 0 bridgehead atoms. The number of nitrogens with zero attached hydrogens (tertiary/aromatic N) is 2. The van der Waals surface area contributed by atoms with E-state index in [2.05, 4.69) is 12.2 Å². The largest absolute Gasteiger partial charge is 0.401 e. The van der Waals surface area contributed by atoms with E-state index in [1.807, 2.05) is 0 Å². The second-order valence-corrected chi connectivity index (χ2v) is 6.30. The van der Waals surface area contributed by atoms with Gasteiger partial charge in [-0.15, -0.1) is 12.4 Å². The van der Waals surface area contributed by atoms with Crippen LogP contribution in [-0.2, 0) is 4.79 Å². The van der Waals surface area contributed by atoms with E-state index in [9.17, 15) is 18.0 Å². The fourth-order valence-corrected chi connectivity index (χ4v) is 3.28. The number of nitrogens with one attached hydrogen (secondary N) is 1. The van der Waals surface area contributed by atoms with Gasteiger partial charge in [0.1, 0.15) is 0 Å². The van der Waals surface area contributed by atoms with Crippen LogP contribution in [0.2, 0.25) is 0 Å². The monoisotopic (exact) mass is 343 g/mol. The average molecular weight is 344 g/mol. The van der Waals surface area contributed by atoms with Crippen molar-refractivity contribution in [2.24, 2.45) is 5.92 Å². The van der Waals surface area contributed by atoms with E-state index in [0.717, 1.165) is 19.4 Å². The number of carbonyl (C=O) groups is 1. The molecule has 8 heteroatoms. The van der Waals surface area contributed by atoms with Gasteiger partial charge in [-0.1, -0.05) is 0 Å². The van der Waals surface area contributed by atoms with Crippen molar-refractivity contribution in [1.82, 2.24) is 15.1 Å². The molecule has 1 N–H and O–H groups in total. The first-order valence-corrected chi connectivity index (χ1v) is 7.59. The van der Waals surface area contributed by atoms with Gasteiger partial charge in [-0.3, -0.25) is 9.69 Å². The third-order valence-electron chi connectivity index (χ3n) is 4.43. The topological polar surface area (TPSA) is 35.6 Å². The highest BCUT2D eigenvalue weighted by atomic mass is 35.5. The van der Waals surface area contributed by atoms with Crippen molar-refractivity contribution >= 4 is 18.3 Å². The number of carbonyl (C=O) groups excluding carboxylic acids is 1. The minimum absolute atomic E-state index is 0. The Morgan fingerprint density at radius 1 is 1.27 bits per heavy atom. The molecule has 2 saturated heterocycles. The third-order valence-corrected chi connectivity index (χ3v) is 4.43. The second-order valence-electron chi connectivity index (χ2n) is 6.30. The van der Waals surface area contributed by atoms with Gasteiger partial charge < -0.3 is 10.2 Å². The Hall–Kier alpha value is -0.530. The molecule has 2 fully saturated rings. The Morgan fingerprint density at radius 2 is 1.95 bits per heavy atom. The molecule has 1 unspecified atom stereocenters. The zero-order valence-electron chi connectivity index (χ0n) is 13.0. The molecule has 2 aliphatic rings. The molecule has 0 aromatic rings. The van der Waals surface area contributed by atoms with Crippen LogP contribution in [-0.4, -0.2) is 66.7 Å². The van der Waals surface area contributed by atoms with Crippen LogP contribution in [0.3, 0.4) is 0 Å². The zero-order chi connectivity index (χ0) is 15.6. The Morgan fingerprint density at radius 3 is 2.50 bits per heavy atom. The number of amides is 1. The van der Waals surface area contributed by atoms with Gasteiger partial charge in [-0.25, -0.2) is 0 Å². The van der Waals surface area contributed by atoms with Gasteiger partial charge in [-0.05, 0) is 33.2 Å². The van der Waals surface area contributed by atoms with Crippen molar-refractivity contribution in [3.63, 3.8) is 0 Å². The lowest BCUT2D eigenvalue weighted by molar-refractivity contribution is -0.158. The van der Waals surface area contributed by atoms with Gasteiger partial charge in [0.05, 0.1) is 6.54 Å². The third kappa shape index (κ3) is 5.28.